The van der Waals surface area contributed by atoms with Gasteiger partial charge in [0.2, 0.25) is 0 Å². The first-order valence-electron chi connectivity index (χ1n) is 13.5. The Balaban J connectivity index is 1.26. The fourth-order valence-electron chi connectivity index (χ4n) is 6.41. The summed E-state index contributed by atoms with van der Waals surface area (Å²) >= 11 is 0. The van der Waals surface area contributed by atoms with E-state index in [-0.39, 0.29) is 0 Å². The minimum Gasteiger partial charge on any atom is -0.341 e. The van der Waals surface area contributed by atoms with E-state index in [9.17, 15) is 5.26 Å². The van der Waals surface area contributed by atoms with Crippen LogP contribution < -0.4 is 0 Å². The Bertz CT molecular complexity index is 1700. The van der Waals surface area contributed by atoms with Crippen LogP contribution in [0.4, 0.5) is 0 Å². The molecule has 3 aromatic carbocycles. The van der Waals surface area contributed by atoms with Gasteiger partial charge >= 0.3 is 0 Å². The van der Waals surface area contributed by atoms with Gasteiger partial charge in [0, 0.05) is 16.5 Å². The Kier molecular flexibility index (Phi) is 5.54. The number of nitrogens with one attached hydrogen (secondary N) is 2. The van der Waals surface area contributed by atoms with Crippen molar-refractivity contribution >= 4 is 21.5 Å². The lowest BCUT2D eigenvalue weighted by molar-refractivity contribution is 0.307. The van der Waals surface area contributed by atoms with Crippen molar-refractivity contribution in [3.05, 3.63) is 72.1 Å². The summed E-state index contributed by atoms with van der Waals surface area (Å²) in [7, 11) is 4.32. The number of nitrogens with zero attached hydrogens (tertiary/aromatic N) is 5. The van der Waals surface area contributed by atoms with Gasteiger partial charge in [-0.25, -0.2) is 9.97 Å². The minimum absolute atomic E-state index is 0.349. The topological polar surface area (TPSA) is 87.6 Å². The van der Waals surface area contributed by atoms with Gasteiger partial charge in [-0.05, 0) is 87.2 Å². The molecule has 2 aliphatic heterocycles. The third kappa shape index (κ3) is 3.80. The van der Waals surface area contributed by atoms with E-state index >= 15 is 0 Å². The lowest BCUT2D eigenvalue weighted by Crippen LogP contribution is -2.18. The standard InChI is InChI=1S/C31H31N7/c1-37-11-3-5-28(37)30-33-17-26(35-30)19-7-9-23-21(13-19)14-22(16-32)25-15-20(8-10-24(23)25)27-18-34-31(36-27)29-6-4-12-38(29)2/h7-10,13-15,17-18,28-29H,3-6,11-12H2,1-2H3,(H,33,35)(H,34,36)/t28?,29-/m0/s1. The molecule has 0 bridgehead atoms. The molecule has 7 nitrogen and oxygen atoms in total. The number of imidazole rings is 2. The van der Waals surface area contributed by atoms with Gasteiger partial charge in [0.25, 0.3) is 0 Å². The first kappa shape index (κ1) is 23.2. The molecule has 38 heavy (non-hydrogen) atoms. The zero-order valence-electron chi connectivity index (χ0n) is 21.8. The number of fused-ring (bicyclic) bond motifs is 3. The molecule has 190 valence electrons. The van der Waals surface area contributed by atoms with E-state index in [0.29, 0.717) is 17.6 Å². The molecule has 0 saturated carbocycles. The van der Waals surface area contributed by atoms with E-state index in [2.05, 4.69) is 76.3 Å². The summed E-state index contributed by atoms with van der Waals surface area (Å²) in [5.41, 5.74) is 4.81. The molecule has 2 saturated heterocycles. The molecule has 4 heterocycles. The Morgan fingerprint density at radius 3 is 1.89 bits per heavy atom. The number of rotatable bonds is 4. The van der Waals surface area contributed by atoms with E-state index in [1.165, 1.54) is 12.8 Å². The van der Waals surface area contributed by atoms with E-state index in [1.54, 1.807) is 0 Å². The fraction of sp³-hybridized carbons (Fsp3) is 0.323. The van der Waals surface area contributed by atoms with E-state index in [0.717, 1.165) is 81.6 Å². The molecule has 7 heteroatoms. The average molecular weight is 502 g/mol. The molecule has 0 radical (unpaired) electrons. The van der Waals surface area contributed by atoms with Crippen molar-refractivity contribution in [2.24, 2.45) is 0 Å². The van der Waals surface area contributed by atoms with Crippen molar-refractivity contribution in [2.45, 2.75) is 37.8 Å². The summed E-state index contributed by atoms with van der Waals surface area (Å²) < 4.78 is 0. The summed E-state index contributed by atoms with van der Waals surface area (Å²) in [6.45, 7) is 2.22. The SMILES string of the molecule is CN1CCCC1c1ncc(-c2ccc3c(c2)cc(C#N)c2cc(-c4cnc([C@@H]5CCCN5C)[nH]4)ccc23)[nH]1. The maximum atomic E-state index is 10.1. The molecule has 0 amide bonds. The van der Waals surface area contributed by atoms with Crippen molar-refractivity contribution in [1.29, 1.82) is 5.26 Å². The van der Waals surface area contributed by atoms with Gasteiger partial charge in [-0.15, -0.1) is 0 Å². The molecule has 0 aliphatic carbocycles. The van der Waals surface area contributed by atoms with Gasteiger partial charge in [0.15, 0.2) is 0 Å². The predicted octanol–water partition coefficient (Wildman–Crippen LogP) is 6.18. The Morgan fingerprint density at radius 2 is 1.34 bits per heavy atom. The van der Waals surface area contributed by atoms with Crippen LogP contribution in [0.25, 0.3) is 44.1 Å². The summed E-state index contributed by atoms with van der Waals surface area (Å²) in [6, 6.07) is 18.0. The fourth-order valence-corrected chi connectivity index (χ4v) is 6.41. The lowest BCUT2D eigenvalue weighted by Gasteiger charge is -2.16. The Morgan fingerprint density at radius 1 is 0.763 bits per heavy atom. The highest BCUT2D eigenvalue weighted by Gasteiger charge is 2.26. The highest BCUT2D eigenvalue weighted by molar-refractivity contribution is 6.11. The largest absolute Gasteiger partial charge is 0.341 e. The average Bonchev–Trinajstić information content (AvgIpc) is 3.74. The molecule has 0 spiro atoms. The van der Waals surface area contributed by atoms with Crippen LogP contribution in [0, 0.1) is 11.3 Å². The number of nitriles is 1. The third-order valence-electron chi connectivity index (χ3n) is 8.56. The van der Waals surface area contributed by atoms with Gasteiger partial charge < -0.3 is 9.97 Å². The first-order valence-corrected chi connectivity index (χ1v) is 13.5. The molecular weight excluding hydrogens is 470 g/mol. The van der Waals surface area contributed by atoms with Gasteiger partial charge in [-0.1, -0.05) is 24.3 Å². The second-order valence-electron chi connectivity index (χ2n) is 10.9. The molecule has 5 aromatic rings. The van der Waals surface area contributed by atoms with Crippen molar-refractivity contribution in [3.63, 3.8) is 0 Å². The van der Waals surface area contributed by atoms with E-state index in [1.807, 2.05) is 18.5 Å². The van der Waals surface area contributed by atoms with Crippen molar-refractivity contribution in [3.8, 4) is 28.6 Å². The summed E-state index contributed by atoms with van der Waals surface area (Å²) in [5.74, 6) is 2.05. The molecule has 1 unspecified atom stereocenters. The van der Waals surface area contributed by atoms with Crippen LogP contribution >= 0.6 is 0 Å². The van der Waals surface area contributed by atoms with Crippen LogP contribution in [0.1, 0.15) is 55.0 Å². The number of hydrogen-bond donors (Lipinski definition) is 2. The zero-order chi connectivity index (χ0) is 25.8. The van der Waals surface area contributed by atoms with Crippen molar-refractivity contribution in [2.75, 3.05) is 27.2 Å². The molecule has 2 fully saturated rings. The first-order chi connectivity index (χ1) is 18.6. The highest BCUT2D eigenvalue weighted by atomic mass is 15.2. The van der Waals surface area contributed by atoms with Gasteiger partial charge in [-0.2, -0.15) is 5.26 Å². The molecule has 2 N–H and O–H groups in total. The van der Waals surface area contributed by atoms with Gasteiger partial charge in [0.05, 0.1) is 47.5 Å². The number of likely N-dealkylation sites (tertiary alicyclic amines) is 2. The molecule has 2 aliphatic rings. The van der Waals surface area contributed by atoms with Crippen LogP contribution in [0.15, 0.2) is 54.9 Å². The number of aromatic amines is 2. The maximum Gasteiger partial charge on any atom is 0.123 e. The van der Waals surface area contributed by atoms with Crippen LogP contribution in [-0.4, -0.2) is 56.9 Å². The zero-order valence-corrected chi connectivity index (χ0v) is 21.8. The van der Waals surface area contributed by atoms with Gasteiger partial charge in [0.1, 0.15) is 11.6 Å². The van der Waals surface area contributed by atoms with Crippen molar-refractivity contribution in [1.82, 2.24) is 29.7 Å². The highest BCUT2D eigenvalue weighted by Crippen LogP contribution is 2.36. The third-order valence-corrected chi connectivity index (χ3v) is 8.56. The summed E-state index contributed by atoms with van der Waals surface area (Å²) in [4.78, 5) is 21.2. The molecule has 2 atom stereocenters. The van der Waals surface area contributed by atoms with Crippen LogP contribution in [0.5, 0.6) is 0 Å². The smallest absolute Gasteiger partial charge is 0.123 e. The Labute approximate surface area is 222 Å². The Hall–Kier alpha value is -3.99. The second kappa shape index (κ2) is 9.09. The normalized spacial score (nSPS) is 20.6. The predicted molar refractivity (Wildman–Crippen MR) is 151 cm³/mol. The molecular formula is C31H31N7. The summed E-state index contributed by atoms with van der Waals surface area (Å²) in [6.07, 6.45) is 8.53. The lowest BCUT2D eigenvalue weighted by atomic mass is 9.94. The molecule has 7 rings (SSSR count). The molecule has 2 aromatic heterocycles. The van der Waals surface area contributed by atoms with E-state index < -0.39 is 0 Å². The number of aromatic nitrogens is 4. The van der Waals surface area contributed by atoms with E-state index in [4.69, 9.17) is 9.97 Å². The number of H-pyrrole nitrogens is 2. The maximum absolute atomic E-state index is 10.1. The monoisotopic (exact) mass is 501 g/mol. The van der Waals surface area contributed by atoms with Crippen LogP contribution in [-0.2, 0) is 0 Å². The second-order valence-corrected chi connectivity index (χ2v) is 10.9. The minimum atomic E-state index is 0.349. The van der Waals surface area contributed by atoms with Crippen molar-refractivity contribution < 1.29 is 0 Å². The number of hydrogen-bond acceptors (Lipinski definition) is 5. The summed E-state index contributed by atoms with van der Waals surface area (Å²) in [5, 5.41) is 14.3. The quantitative estimate of drug-likeness (QED) is 0.287. The van der Waals surface area contributed by atoms with Gasteiger partial charge in [-0.3, -0.25) is 9.80 Å². The van der Waals surface area contributed by atoms with Crippen LogP contribution in [0.3, 0.4) is 0 Å². The van der Waals surface area contributed by atoms with Crippen LogP contribution in [0.2, 0.25) is 0 Å². The number of benzene rings is 3.